The first-order valence-corrected chi connectivity index (χ1v) is 10.5. The summed E-state index contributed by atoms with van der Waals surface area (Å²) in [6.45, 7) is 8.48. The average Bonchev–Trinajstić information content (AvgIpc) is 3.10. The molecule has 0 aliphatic carbocycles. The van der Waals surface area contributed by atoms with Crippen molar-refractivity contribution in [3.05, 3.63) is 59.9 Å². The molecule has 0 fully saturated rings. The highest BCUT2D eigenvalue weighted by molar-refractivity contribution is 6.19. The fourth-order valence-corrected chi connectivity index (χ4v) is 3.19. The number of hydrogen-bond donors (Lipinski definition) is 0. The Morgan fingerprint density at radius 3 is 2.24 bits per heavy atom. The fourth-order valence-electron chi connectivity index (χ4n) is 3.07. The molecule has 0 unspecified atom stereocenters. The summed E-state index contributed by atoms with van der Waals surface area (Å²) in [5.74, 6) is 0.0252. The van der Waals surface area contributed by atoms with Crippen molar-refractivity contribution in [3.63, 3.8) is 0 Å². The number of halogens is 1. The van der Waals surface area contributed by atoms with Gasteiger partial charge in [-0.25, -0.2) is 0 Å². The van der Waals surface area contributed by atoms with Gasteiger partial charge in [0.15, 0.2) is 0 Å². The van der Waals surface area contributed by atoms with Crippen molar-refractivity contribution >= 4 is 23.4 Å². The van der Waals surface area contributed by atoms with E-state index in [1.165, 1.54) is 0 Å². The van der Waals surface area contributed by atoms with Crippen molar-refractivity contribution in [2.24, 2.45) is 12.5 Å². The van der Waals surface area contributed by atoms with Crippen LogP contribution in [-0.2, 0) is 29.7 Å². The first-order valence-electron chi connectivity index (χ1n) is 9.94. The standard InChI is InChI=1S/C23H32ClN3O2/c1-18(2)27(22(29)23(3,4)17-24)16-21(28)26(14-19-10-7-6-8-11-19)15-20-12-9-13-25(20)5/h6-13,18H,14-17H2,1-5H3. The lowest BCUT2D eigenvalue weighted by molar-refractivity contribution is -0.147. The van der Waals surface area contributed by atoms with Crippen LogP contribution in [0.1, 0.15) is 39.0 Å². The highest BCUT2D eigenvalue weighted by atomic mass is 35.5. The molecule has 0 bridgehead atoms. The third kappa shape index (κ3) is 6.10. The SMILES string of the molecule is CC(C)N(CC(=O)N(Cc1ccccc1)Cc1cccn1C)C(=O)C(C)(C)CCl. The molecule has 2 rings (SSSR count). The smallest absolute Gasteiger partial charge is 0.242 e. The Kier molecular flexibility index (Phi) is 7.91. The van der Waals surface area contributed by atoms with Crippen LogP contribution in [0.15, 0.2) is 48.7 Å². The molecule has 5 nitrogen and oxygen atoms in total. The topological polar surface area (TPSA) is 45.6 Å². The molecule has 6 heteroatoms. The van der Waals surface area contributed by atoms with Gasteiger partial charge in [-0.15, -0.1) is 11.6 Å². The maximum atomic E-state index is 13.3. The second-order valence-corrected chi connectivity index (χ2v) is 8.66. The van der Waals surface area contributed by atoms with E-state index >= 15 is 0 Å². The Morgan fingerprint density at radius 2 is 1.72 bits per heavy atom. The predicted molar refractivity (Wildman–Crippen MR) is 117 cm³/mol. The van der Waals surface area contributed by atoms with Gasteiger partial charge in [-0.1, -0.05) is 30.3 Å². The molecule has 0 saturated heterocycles. The lowest BCUT2D eigenvalue weighted by Gasteiger charge is -2.35. The molecule has 0 spiro atoms. The summed E-state index contributed by atoms with van der Waals surface area (Å²) in [5.41, 5.74) is 1.38. The van der Waals surface area contributed by atoms with Gasteiger partial charge in [0.25, 0.3) is 0 Å². The van der Waals surface area contributed by atoms with E-state index in [9.17, 15) is 9.59 Å². The zero-order valence-electron chi connectivity index (χ0n) is 18.1. The number of nitrogens with zero attached hydrogens (tertiary/aromatic N) is 3. The van der Waals surface area contributed by atoms with Crippen LogP contribution in [0.4, 0.5) is 0 Å². The summed E-state index contributed by atoms with van der Waals surface area (Å²) in [6.07, 6.45) is 1.97. The molecule has 0 aliphatic rings. The second-order valence-electron chi connectivity index (χ2n) is 8.39. The average molecular weight is 418 g/mol. The summed E-state index contributed by atoms with van der Waals surface area (Å²) >= 11 is 6.01. The number of rotatable bonds is 9. The Hall–Kier alpha value is -2.27. The molecule has 0 N–H and O–H groups in total. The summed E-state index contributed by atoms with van der Waals surface area (Å²) in [4.78, 5) is 29.7. The van der Waals surface area contributed by atoms with Crippen LogP contribution in [0.25, 0.3) is 0 Å². The third-order valence-electron chi connectivity index (χ3n) is 5.08. The number of carbonyl (C=O) groups excluding carboxylic acids is 2. The number of alkyl halides is 1. The highest BCUT2D eigenvalue weighted by Gasteiger charge is 2.34. The summed E-state index contributed by atoms with van der Waals surface area (Å²) in [5, 5.41) is 0. The van der Waals surface area contributed by atoms with Gasteiger partial charge in [0.1, 0.15) is 6.54 Å². The molecule has 1 aromatic carbocycles. The van der Waals surface area contributed by atoms with Gasteiger partial charge < -0.3 is 14.4 Å². The van der Waals surface area contributed by atoms with Gasteiger partial charge in [-0.05, 0) is 45.4 Å². The van der Waals surface area contributed by atoms with E-state index in [0.717, 1.165) is 11.3 Å². The van der Waals surface area contributed by atoms with Gasteiger partial charge in [-0.2, -0.15) is 0 Å². The van der Waals surface area contributed by atoms with E-state index in [1.807, 2.05) is 88.0 Å². The zero-order chi connectivity index (χ0) is 21.6. The first-order chi connectivity index (χ1) is 13.7. The second kappa shape index (κ2) is 9.97. The minimum absolute atomic E-state index is 0.0358. The molecule has 0 radical (unpaired) electrons. The number of amides is 2. The van der Waals surface area contributed by atoms with Crippen molar-refractivity contribution in [1.82, 2.24) is 14.4 Å². The van der Waals surface area contributed by atoms with Crippen molar-refractivity contribution < 1.29 is 9.59 Å². The van der Waals surface area contributed by atoms with Crippen LogP contribution < -0.4 is 0 Å². The minimum atomic E-state index is -0.714. The Balaban J connectivity index is 2.24. The lowest BCUT2D eigenvalue weighted by Crippen LogP contribution is -2.50. The Bertz CT molecular complexity index is 815. The molecule has 1 heterocycles. The molecule has 0 saturated carbocycles. The number of hydrogen-bond acceptors (Lipinski definition) is 2. The summed E-state index contributed by atoms with van der Waals surface area (Å²) in [7, 11) is 1.97. The van der Waals surface area contributed by atoms with E-state index in [-0.39, 0.29) is 30.3 Å². The van der Waals surface area contributed by atoms with Crippen LogP contribution in [0.5, 0.6) is 0 Å². The summed E-state index contributed by atoms with van der Waals surface area (Å²) < 4.78 is 2.01. The first kappa shape index (κ1) is 23.0. The maximum Gasteiger partial charge on any atom is 0.242 e. The van der Waals surface area contributed by atoms with Gasteiger partial charge in [0, 0.05) is 37.4 Å². The molecule has 0 atom stereocenters. The molecular weight excluding hydrogens is 386 g/mol. The van der Waals surface area contributed by atoms with Crippen LogP contribution in [0.3, 0.4) is 0 Å². The van der Waals surface area contributed by atoms with Crippen molar-refractivity contribution in [2.45, 2.75) is 46.8 Å². The molecule has 2 aromatic rings. The van der Waals surface area contributed by atoms with Gasteiger partial charge in [0.05, 0.1) is 12.0 Å². The van der Waals surface area contributed by atoms with Crippen molar-refractivity contribution in [3.8, 4) is 0 Å². The van der Waals surface area contributed by atoms with E-state index < -0.39 is 5.41 Å². The van der Waals surface area contributed by atoms with Crippen molar-refractivity contribution in [2.75, 3.05) is 12.4 Å². The van der Waals surface area contributed by atoms with E-state index in [4.69, 9.17) is 11.6 Å². The van der Waals surface area contributed by atoms with E-state index in [1.54, 1.807) is 9.80 Å². The van der Waals surface area contributed by atoms with Gasteiger partial charge in [-0.3, -0.25) is 9.59 Å². The maximum absolute atomic E-state index is 13.3. The quantitative estimate of drug-likeness (QED) is 0.577. The van der Waals surface area contributed by atoms with Crippen LogP contribution in [0.2, 0.25) is 0 Å². The van der Waals surface area contributed by atoms with Crippen LogP contribution in [-0.4, -0.2) is 44.6 Å². The Labute approximate surface area is 179 Å². The van der Waals surface area contributed by atoms with Gasteiger partial charge in [0.2, 0.25) is 11.8 Å². The largest absolute Gasteiger partial charge is 0.353 e. The lowest BCUT2D eigenvalue weighted by atomic mass is 9.93. The summed E-state index contributed by atoms with van der Waals surface area (Å²) in [6, 6.07) is 13.8. The Morgan fingerprint density at radius 1 is 1.07 bits per heavy atom. The predicted octanol–water partition coefficient (Wildman–Crippen LogP) is 4.06. The fraction of sp³-hybridized carbons (Fsp3) is 0.478. The third-order valence-corrected chi connectivity index (χ3v) is 5.74. The number of aromatic nitrogens is 1. The molecular formula is C23H32ClN3O2. The number of aryl methyl sites for hydroxylation is 1. The van der Waals surface area contributed by atoms with Crippen LogP contribution >= 0.6 is 11.6 Å². The van der Waals surface area contributed by atoms with Gasteiger partial charge >= 0.3 is 0 Å². The van der Waals surface area contributed by atoms with Crippen LogP contribution in [0, 0.1) is 5.41 Å². The van der Waals surface area contributed by atoms with E-state index in [2.05, 4.69) is 0 Å². The normalized spacial score (nSPS) is 11.6. The highest BCUT2D eigenvalue weighted by Crippen LogP contribution is 2.22. The molecule has 2 amide bonds. The molecule has 158 valence electrons. The molecule has 1 aromatic heterocycles. The number of benzene rings is 1. The molecule has 29 heavy (non-hydrogen) atoms. The van der Waals surface area contributed by atoms with Crippen molar-refractivity contribution in [1.29, 1.82) is 0 Å². The number of carbonyl (C=O) groups is 2. The minimum Gasteiger partial charge on any atom is -0.353 e. The van der Waals surface area contributed by atoms with E-state index in [0.29, 0.717) is 13.1 Å². The monoisotopic (exact) mass is 417 g/mol. The molecule has 0 aliphatic heterocycles. The zero-order valence-corrected chi connectivity index (χ0v) is 18.8.